The molecule has 20 heavy (non-hydrogen) atoms. The van der Waals surface area contributed by atoms with Crippen molar-refractivity contribution in [1.82, 2.24) is 5.32 Å². The third kappa shape index (κ3) is 4.23. The molecule has 0 radical (unpaired) electrons. The van der Waals surface area contributed by atoms with Gasteiger partial charge in [0.05, 0.1) is 0 Å². The minimum Gasteiger partial charge on any atom is -0.312 e. The summed E-state index contributed by atoms with van der Waals surface area (Å²) in [5.41, 5.74) is 3.13. The summed E-state index contributed by atoms with van der Waals surface area (Å²) in [6.07, 6.45) is 6.65. The van der Waals surface area contributed by atoms with Crippen LogP contribution < -0.4 is 5.32 Å². The topological polar surface area (TPSA) is 12.0 Å². The number of rotatable bonds is 6. The molecule has 1 N–H and O–H groups in total. The molecule has 0 aliphatic heterocycles. The fourth-order valence-corrected chi connectivity index (χ4v) is 3.51. The fourth-order valence-electron chi connectivity index (χ4n) is 3.15. The van der Waals surface area contributed by atoms with Gasteiger partial charge in [-0.3, -0.25) is 0 Å². The number of benzene rings is 1. The normalized spacial score (nSPS) is 18.4. The first-order valence-electron chi connectivity index (χ1n) is 8.01. The van der Waals surface area contributed by atoms with Crippen molar-refractivity contribution in [2.24, 2.45) is 5.41 Å². The molecular formula is C18H28ClN. The molecule has 2 heteroatoms. The molecule has 1 nitrogen and oxygen atoms in total. The van der Waals surface area contributed by atoms with Gasteiger partial charge in [0.2, 0.25) is 0 Å². The monoisotopic (exact) mass is 293 g/mol. The van der Waals surface area contributed by atoms with E-state index in [1.54, 1.807) is 0 Å². The number of hydrogen-bond acceptors (Lipinski definition) is 1. The maximum absolute atomic E-state index is 6.23. The van der Waals surface area contributed by atoms with Crippen molar-refractivity contribution < 1.29 is 0 Å². The van der Waals surface area contributed by atoms with Gasteiger partial charge >= 0.3 is 0 Å². The first-order valence-corrected chi connectivity index (χ1v) is 8.54. The zero-order chi connectivity index (χ0) is 14.4. The molecule has 0 aromatic heterocycles. The van der Waals surface area contributed by atoms with Gasteiger partial charge in [0.1, 0.15) is 0 Å². The van der Waals surface area contributed by atoms with E-state index in [4.69, 9.17) is 11.6 Å². The van der Waals surface area contributed by atoms with Crippen LogP contribution in [0.2, 0.25) is 0 Å². The Morgan fingerprint density at radius 1 is 1.10 bits per heavy atom. The van der Waals surface area contributed by atoms with Crippen molar-refractivity contribution in [2.75, 3.05) is 12.4 Å². The molecule has 0 spiro atoms. The molecule has 2 rings (SSSR count). The minimum atomic E-state index is 0.345. The maximum atomic E-state index is 6.23. The van der Waals surface area contributed by atoms with Gasteiger partial charge in [-0.1, -0.05) is 57.4 Å². The van der Waals surface area contributed by atoms with E-state index in [2.05, 4.69) is 43.4 Å². The maximum Gasteiger partial charge on any atom is 0.0292 e. The van der Waals surface area contributed by atoms with Crippen molar-refractivity contribution in [2.45, 2.75) is 58.4 Å². The van der Waals surface area contributed by atoms with Gasteiger partial charge in [-0.15, -0.1) is 11.6 Å². The summed E-state index contributed by atoms with van der Waals surface area (Å²) in [4.78, 5) is 0. The van der Waals surface area contributed by atoms with Gasteiger partial charge in [0.15, 0.2) is 0 Å². The average Bonchev–Trinajstić information content (AvgIpc) is 2.49. The Kier molecular flexibility index (Phi) is 5.92. The quantitative estimate of drug-likeness (QED) is 0.721. The van der Waals surface area contributed by atoms with Crippen LogP contribution in [-0.4, -0.2) is 12.4 Å². The van der Waals surface area contributed by atoms with Crippen LogP contribution in [0.4, 0.5) is 0 Å². The summed E-state index contributed by atoms with van der Waals surface area (Å²) in [6.45, 7) is 6.49. The minimum absolute atomic E-state index is 0.345. The molecule has 0 bridgehead atoms. The van der Waals surface area contributed by atoms with Gasteiger partial charge in [-0.05, 0) is 35.3 Å². The lowest BCUT2D eigenvalue weighted by Gasteiger charge is -2.35. The van der Waals surface area contributed by atoms with E-state index in [0.717, 1.165) is 19.0 Å². The van der Waals surface area contributed by atoms with E-state index in [9.17, 15) is 0 Å². The molecule has 0 saturated heterocycles. The lowest BCUT2D eigenvalue weighted by Crippen LogP contribution is -2.37. The Morgan fingerprint density at radius 2 is 1.75 bits per heavy atom. The number of hydrogen-bond donors (Lipinski definition) is 1. The van der Waals surface area contributed by atoms with Gasteiger partial charge in [0.25, 0.3) is 0 Å². The predicted octanol–water partition coefficient (Wildman–Crippen LogP) is 5.09. The smallest absolute Gasteiger partial charge is 0.0292 e. The predicted molar refractivity (Wildman–Crippen MR) is 88.5 cm³/mol. The molecule has 1 aromatic rings. The van der Waals surface area contributed by atoms with Gasteiger partial charge in [-0.2, -0.15) is 0 Å². The summed E-state index contributed by atoms with van der Waals surface area (Å²) < 4.78 is 0. The lowest BCUT2D eigenvalue weighted by atomic mass is 9.75. The zero-order valence-electron chi connectivity index (χ0n) is 12.9. The number of nitrogens with one attached hydrogen (secondary N) is 1. The molecule has 1 saturated carbocycles. The molecule has 0 atom stereocenters. The summed E-state index contributed by atoms with van der Waals surface area (Å²) in [5, 5.41) is 3.63. The molecule has 0 heterocycles. The van der Waals surface area contributed by atoms with Crippen LogP contribution in [0.3, 0.4) is 0 Å². The van der Waals surface area contributed by atoms with Crippen LogP contribution in [0.15, 0.2) is 24.3 Å². The fraction of sp³-hybridized carbons (Fsp3) is 0.667. The molecule has 1 aromatic carbocycles. The number of alkyl halides is 1. The Bertz CT molecular complexity index is 390. The highest BCUT2D eigenvalue weighted by molar-refractivity contribution is 6.18. The second kappa shape index (κ2) is 7.47. The second-order valence-electron chi connectivity index (χ2n) is 6.69. The molecule has 1 fully saturated rings. The van der Waals surface area contributed by atoms with Crippen molar-refractivity contribution in [3.8, 4) is 0 Å². The molecule has 112 valence electrons. The molecule has 1 aliphatic rings. The molecular weight excluding hydrogens is 266 g/mol. The molecule has 0 unspecified atom stereocenters. The van der Waals surface area contributed by atoms with E-state index < -0.39 is 0 Å². The Labute approximate surface area is 129 Å². The van der Waals surface area contributed by atoms with Gasteiger partial charge in [0, 0.05) is 19.0 Å². The van der Waals surface area contributed by atoms with E-state index >= 15 is 0 Å². The van der Waals surface area contributed by atoms with Crippen molar-refractivity contribution in [3.05, 3.63) is 35.4 Å². The lowest BCUT2D eigenvalue weighted by molar-refractivity contribution is 0.212. The summed E-state index contributed by atoms with van der Waals surface area (Å²) in [6, 6.07) is 8.99. The van der Waals surface area contributed by atoms with Crippen LogP contribution in [-0.2, 0) is 6.54 Å². The van der Waals surface area contributed by atoms with Crippen molar-refractivity contribution in [3.63, 3.8) is 0 Å². The summed E-state index contributed by atoms with van der Waals surface area (Å²) >= 11 is 6.23. The Morgan fingerprint density at radius 3 is 2.30 bits per heavy atom. The highest BCUT2D eigenvalue weighted by Crippen LogP contribution is 2.36. The second-order valence-corrected chi connectivity index (χ2v) is 6.96. The average molecular weight is 294 g/mol. The van der Waals surface area contributed by atoms with Crippen molar-refractivity contribution in [1.29, 1.82) is 0 Å². The standard InChI is InChI=1S/C18H28ClN/c1-15(2)17-8-6-16(7-9-17)12-20-14-18(13-19)10-4-3-5-11-18/h6-9,15,20H,3-5,10-14H2,1-2H3. The van der Waals surface area contributed by atoms with E-state index in [-0.39, 0.29) is 0 Å². The highest BCUT2D eigenvalue weighted by Gasteiger charge is 2.30. The third-order valence-corrected chi connectivity index (χ3v) is 5.24. The Balaban J connectivity index is 1.82. The summed E-state index contributed by atoms with van der Waals surface area (Å²) in [5.74, 6) is 1.41. The number of halogens is 1. The summed E-state index contributed by atoms with van der Waals surface area (Å²) in [7, 11) is 0. The molecule has 1 aliphatic carbocycles. The third-order valence-electron chi connectivity index (χ3n) is 4.67. The molecule has 0 amide bonds. The van der Waals surface area contributed by atoms with Crippen LogP contribution in [0, 0.1) is 5.41 Å². The van der Waals surface area contributed by atoms with Crippen molar-refractivity contribution >= 4 is 11.6 Å². The van der Waals surface area contributed by atoms with E-state index in [0.29, 0.717) is 11.3 Å². The van der Waals surface area contributed by atoms with Crippen LogP contribution >= 0.6 is 11.6 Å². The van der Waals surface area contributed by atoms with E-state index in [1.807, 2.05) is 0 Å². The first-order chi connectivity index (χ1) is 9.65. The largest absolute Gasteiger partial charge is 0.312 e. The van der Waals surface area contributed by atoms with Gasteiger partial charge < -0.3 is 5.32 Å². The van der Waals surface area contributed by atoms with E-state index in [1.165, 1.54) is 43.2 Å². The first kappa shape index (κ1) is 15.9. The highest BCUT2D eigenvalue weighted by atomic mass is 35.5. The zero-order valence-corrected chi connectivity index (χ0v) is 13.7. The van der Waals surface area contributed by atoms with Crippen LogP contribution in [0.5, 0.6) is 0 Å². The van der Waals surface area contributed by atoms with Gasteiger partial charge in [-0.25, -0.2) is 0 Å². The van der Waals surface area contributed by atoms with Crippen LogP contribution in [0.25, 0.3) is 0 Å². The van der Waals surface area contributed by atoms with Crippen LogP contribution in [0.1, 0.15) is 63.0 Å². The Hall–Kier alpha value is -0.530. The SMILES string of the molecule is CC(C)c1ccc(CNCC2(CCl)CCCCC2)cc1.